The Morgan fingerprint density at radius 1 is 1.26 bits per heavy atom. The molecule has 0 aliphatic carbocycles. The van der Waals surface area contributed by atoms with E-state index in [1.165, 1.54) is 0 Å². The molecule has 116 valence electrons. The number of terminal acetylenes is 1. The van der Waals surface area contributed by atoms with Crippen molar-refractivity contribution in [3.8, 4) is 23.8 Å². The highest BCUT2D eigenvalue weighted by atomic mass is 16.6. The van der Waals surface area contributed by atoms with Gasteiger partial charge in [-0.1, -0.05) is 30.2 Å². The highest BCUT2D eigenvalue weighted by Gasteiger charge is 2.54. The fourth-order valence-electron chi connectivity index (χ4n) is 2.48. The van der Waals surface area contributed by atoms with Crippen LogP contribution in [0.3, 0.4) is 0 Å². The largest absolute Gasteiger partial charge is 0.497 e. The maximum atomic E-state index is 13.0. The number of ketones is 1. The van der Waals surface area contributed by atoms with Crippen LogP contribution in [0.4, 0.5) is 0 Å². The van der Waals surface area contributed by atoms with Crippen LogP contribution in [0, 0.1) is 12.3 Å². The van der Waals surface area contributed by atoms with Crippen LogP contribution in [0.1, 0.15) is 15.9 Å². The van der Waals surface area contributed by atoms with Gasteiger partial charge in [0.1, 0.15) is 18.1 Å². The van der Waals surface area contributed by atoms with Gasteiger partial charge in [-0.15, -0.1) is 6.42 Å². The average Bonchev–Trinajstić information content (AvgIpc) is 3.41. The van der Waals surface area contributed by atoms with E-state index in [9.17, 15) is 4.79 Å². The second kappa shape index (κ2) is 6.15. The van der Waals surface area contributed by atoms with Gasteiger partial charge in [-0.05, 0) is 29.8 Å². The first-order valence-corrected chi connectivity index (χ1v) is 7.20. The molecule has 3 rings (SSSR count). The zero-order valence-electron chi connectivity index (χ0n) is 12.7. The molecule has 2 aromatic carbocycles. The van der Waals surface area contributed by atoms with Crippen molar-refractivity contribution >= 4 is 5.78 Å². The van der Waals surface area contributed by atoms with E-state index in [2.05, 4.69) is 5.92 Å². The van der Waals surface area contributed by atoms with E-state index in [1.807, 2.05) is 24.3 Å². The first kappa shape index (κ1) is 15.1. The van der Waals surface area contributed by atoms with Gasteiger partial charge in [0.15, 0.2) is 5.60 Å². The van der Waals surface area contributed by atoms with E-state index in [-0.39, 0.29) is 12.4 Å². The summed E-state index contributed by atoms with van der Waals surface area (Å²) in [5.41, 5.74) is 0.327. The minimum atomic E-state index is -0.943. The summed E-state index contributed by atoms with van der Waals surface area (Å²) < 4.78 is 16.2. The summed E-state index contributed by atoms with van der Waals surface area (Å²) in [7, 11) is 1.60. The molecule has 1 aliphatic heterocycles. The number of Topliss-reactive ketones (excluding diaryl/α,β-unsaturated/α-hetero) is 1. The molecule has 1 unspecified atom stereocenters. The Bertz CT molecular complexity index is 752. The lowest BCUT2D eigenvalue weighted by atomic mass is 9.90. The number of hydrogen-bond donors (Lipinski definition) is 0. The Kier molecular flexibility index (Phi) is 4.05. The monoisotopic (exact) mass is 308 g/mol. The molecule has 23 heavy (non-hydrogen) atoms. The van der Waals surface area contributed by atoms with Gasteiger partial charge in [-0.2, -0.15) is 0 Å². The fraction of sp³-hybridized carbons (Fsp3) is 0.211. The van der Waals surface area contributed by atoms with Crippen LogP contribution in [0.2, 0.25) is 0 Å². The molecule has 2 aromatic rings. The Morgan fingerprint density at radius 2 is 1.96 bits per heavy atom. The third-order valence-electron chi connectivity index (χ3n) is 3.80. The summed E-state index contributed by atoms with van der Waals surface area (Å²) in [5, 5.41) is 0. The van der Waals surface area contributed by atoms with Crippen molar-refractivity contribution in [2.45, 2.75) is 5.60 Å². The van der Waals surface area contributed by atoms with Crippen molar-refractivity contribution in [1.82, 2.24) is 0 Å². The molecule has 1 heterocycles. The molecule has 1 atom stereocenters. The molecule has 4 heteroatoms. The minimum absolute atomic E-state index is 0.112. The van der Waals surface area contributed by atoms with Crippen LogP contribution >= 0.6 is 0 Å². The first-order chi connectivity index (χ1) is 11.2. The van der Waals surface area contributed by atoms with E-state index >= 15 is 0 Å². The maximum absolute atomic E-state index is 13.0. The SMILES string of the molecule is C#CCOc1ccccc1C(=O)C1(c2ccc(OC)cc2)CO1. The summed E-state index contributed by atoms with van der Waals surface area (Å²) in [6.07, 6.45) is 5.22. The van der Waals surface area contributed by atoms with Crippen LogP contribution in [-0.4, -0.2) is 26.1 Å². The van der Waals surface area contributed by atoms with Gasteiger partial charge < -0.3 is 14.2 Å². The molecule has 0 aromatic heterocycles. The normalized spacial score (nSPS) is 18.8. The van der Waals surface area contributed by atoms with E-state index < -0.39 is 5.60 Å². The van der Waals surface area contributed by atoms with Gasteiger partial charge in [0, 0.05) is 0 Å². The van der Waals surface area contributed by atoms with E-state index in [0.29, 0.717) is 17.9 Å². The smallest absolute Gasteiger partial charge is 0.205 e. The molecular formula is C19H16O4. The zero-order chi connectivity index (χ0) is 16.3. The van der Waals surface area contributed by atoms with Crippen molar-refractivity contribution in [2.75, 3.05) is 20.3 Å². The van der Waals surface area contributed by atoms with Gasteiger partial charge in [0.25, 0.3) is 0 Å². The Labute approximate surface area is 135 Å². The quantitative estimate of drug-likeness (QED) is 0.468. The molecule has 1 fully saturated rings. The van der Waals surface area contributed by atoms with Crippen molar-refractivity contribution < 1.29 is 19.0 Å². The van der Waals surface area contributed by atoms with Crippen LogP contribution in [-0.2, 0) is 10.3 Å². The summed E-state index contributed by atoms with van der Waals surface area (Å²) in [6, 6.07) is 14.4. The molecule has 1 saturated heterocycles. The summed E-state index contributed by atoms with van der Waals surface area (Å²) in [4.78, 5) is 13.0. The number of benzene rings is 2. The number of methoxy groups -OCH3 is 1. The predicted octanol–water partition coefficient (Wildman–Crippen LogP) is 2.82. The predicted molar refractivity (Wildman–Crippen MR) is 85.7 cm³/mol. The van der Waals surface area contributed by atoms with Crippen molar-refractivity contribution in [2.24, 2.45) is 0 Å². The lowest BCUT2D eigenvalue weighted by Gasteiger charge is -2.14. The number of para-hydroxylation sites is 1. The van der Waals surface area contributed by atoms with Crippen molar-refractivity contribution in [3.05, 3.63) is 59.7 Å². The van der Waals surface area contributed by atoms with Crippen molar-refractivity contribution in [1.29, 1.82) is 0 Å². The molecule has 0 amide bonds. The van der Waals surface area contributed by atoms with Crippen LogP contribution in [0.15, 0.2) is 48.5 Å². The summed E-state index contributed by atoms with van der Waals surface area (Å²) >= 11 is 0. The third-order valence-corrected chi connectivity index (χ3v) is 3.80. The van der Waals surface area contributed by atoms with Crippen LogP contribution in [0.25, 0.3) is 0 Å². The number of epoxide rings is 1. The number of carbonyl (C=O) groups excluding carboxylic acids is 1. The molecule has 0 N–H and O–H groups in total. The Morgan fingerprint density at radius 3 is 2.57 bits per heavy atom. The Hall–Kier alpha value is -2.77. The van der Waals surface area contributed by atoms with Gasteiger partial charge in [0.05, 0.1) is 19.3 Å². The Balaban J connectivity index is 1.92. The standard InChI is InChI=1S/C19H16O4/c1-3-12-22-17-7-5-4-6-16(17)18(20)19(13-23-19)14-8-10-15(21-2)11-9-14/h1,4-11H,12-13H2,2H3. The average molecular weight is 308 g/mol. The van der Waals surface area contributed by atoms with Gasteiger partial charge in [0.2, 0.25) is 5.78 Å². The zero-order valence-corrected chi connectivity index (χ0v) is 12.7. The number of rotatable bonds is 6. The van der Waals surface area contributed by atoms with Crippen LogP contribution < -0.4 is 9.47 Å². The lowest BCUT2D eigenvalue weighted by Crippen LogP contribution is -2.23. The topological polar surface area (TPSA) is 48.1 Å². The number of ether oxygens (including phenoxy) is 3. The van der Waals surface area contributed by atoms with Gasteiger partial charge in [-0.25, -0.2) is 0 Å². The second-order valence-electron chi connectivity index (χ2n) is 5.16. The second-order valence-corrected chi connectivity index (χ2v) is 5.16. The highest BCUT2D eigenvalue weighted by Crippen LogP contribution is 2.43. The van der Waals surface area contributed by atoms with Crippen LogP contribution in [0.5, 0.6) is 11.5 Å². The molecule has 0 bridgehead atoms. The van der Waals surface area contributed by atoms with Crippen molar-refractivity contribution in [3.63, 3.8) is 0 Å². The molecule has 0 spiro atoms. The highest BCUT2D eigenvalue weighted by molar-refractivity contribution is 6.06. The number of hydrogen-bond acceptors (Lipinski definition) is 4. The molecule has 0 saturated carbocycles. The van der Waals surface area contributed by atoms with E-state index in [0.717, 1.165) is 11.3 Å². The van der Waals surface area contributed by atoms with Gasteiger partial charge >= 0.3 is 0 Å². The molecule has 4 nitrogen and oxygen atoms in total. The van der Waals surface area contributed by atoms with Gasteiger partial charge in [-0.3, -0.25) is 4.79 Å². The number of carbonyl (C=O) groups is 1. The van der Waals surface area contributed by atoms with E-state index in [4.69, 9.17) is 20.6 Å². The molecule has 0 radical (unpaired) electrons. The third kappa shape index (κ3) is 2.79. The maximum Gasteiger partial charge on any atom is 0.205 e. The minimum Gasteiger partial charge on any atom is -0.497 e. The fourth-order valence-corrected chi connectivity index (χ4v) is 2.48. The molecular weight excluding hydrogens is 292 g/mol. The lowest BCUT2D eigenvalue weighted by molar-refractivity contribution is 0.0867. The molecule has 1 aliphatic rings. The summed E-state index contributed by atoms with van der Waals surface area (Å²) in [5.74, 6) is 3.48. The summed E-state index contributed by atoms with van der Waals surface area (Å²) in [6.45, 7) is 0.461. The first-order valence-electron chi connectivity index (χ1n) is 7.20. The van der Waals surface area contributed by atoms with E-state index in [1.54, 1.807) is 31.4 Å².